The number of methoxy groups -OCH3 is 3. The number of nitrogens with zero attached hydrogens (tertiary/aromatic N) is 3. The normalized spacial score (nSPS) is 19.5. The highest BCUT2D eigenvalue weighted by Gasteiger charge is 2.41. The van der Waals surface area contributed by atoms with Gasteiger partial charge in [-0.3, -0.25) is 9.59 Å². The van der Waals surface area contributed by atoms with Crippen molar-refractivity contribution >= 4 is 45.7 Å². The lowest BCUT2D eigenvalue weighted by Gasteiger charge is -2.30. The van der Waals surface area contributed by atoms with E-state index in [2.05, 4.69) is 75.2 Å². The van der Waals surface area contributed by atoms with Gasteiger partial charge in [0.1, 0.15) is 36.0 Å². The molecule has 0 unspecified atom stereocenters. The van der Waals surface area contributed by atoms with Crippen LogP contribution in [0.1, 0.15) is 76.3 Å². The Kier molecular flexibility index (Phi) is 11.7. The van der Waals surface area contributed by atoms with Crippen molar-refractivity contribution in [3.05, 3.63) is 71.8 Å². The molecular weight excluding hydrogens is 779 g/mol. The van der Waals surface area contributed by atoms with Gasteiger partial charge in [-0.05, 0) is 71.9 Å². The summed E-state index contributed by atoms with van der Waals surface area (Å²) in [5.41, 5.74) is 6.55. The molecule has 15 heteroatoms. The molecule has 3 aromatic carbocycles. The second kappa shape index (κ2) is 17.1. The maximum atomic E-state index is 14.0. The van der Waals surface area contributed by atoms with Crippen LogP contribution >= 0.6 is 0 Å². The van der Waals surface area contributed by atoms with Crippen molar-refractivity contribution < 1.29 is 38.1 Å². The zero-order chi connectivity index (χ0) is 43.1. The first-order valence-electron chi connectivity index (χ1n) is 21.1. The lowest BCUT2D eigenvalue weighted by Crippen LogP contribution is -2.51. The number of benzene rings is 3. The number of likely N-dealkylation sites (tertiary alicyclic amines) is 2. The number of fused-ring (bicyclic) bond motifs is 6. The van der Waals surface area contributed by atoms with Crippen molar-refractivity contribution in [2.75, 3.05) is 41.0 Å². The zero-order valence-electron chi connectivity index (χ0n) is 35.8. The van der Waals surface area contributed by atoms with Gasteiger partial charge >= 0.3 is 12.2 Å². The number of nitrogens with one attached hydrogen (secondary N) is 4. The molecule has 0 radical (unpaired) electrons. The summed E-state index contributed by atoms with van der Waals surface area (Å²) in [6.45, 7) is 9.55. The van der Waals surface area contributed by atoms with Gasteiger partial charge in [0, 0.05) is 48.1 Å². The van der Waals surface area contributed by atoms with Crippen molar-refractivity contribution in [3.63, 3.8) is 0 Å². The smallest absolute Gasteiger partial charge is 0.407 e. The quantitative estimate of drug-likeness (QED) is 0.107. The molecule has 3 aliphatic rings. The number of carbonyl (C=O) groups is 4. The largest absolute Gasteiger partial charge is 0.486 e. The number of amides is 4. The zero-order valence-corrected chi connectivity index (χ0v) is 35.8. The summed E-state index contributed by atoms with van der Waals surface area (Å²) in [5.74, 6) is 1.04. The Morgan fingerprint density at radius 3 is 2.18 bits per heavy atom. The Bertz CT molecular complexity index is 2470. The molecule has 61 heavy (non-hydrogen) atoms. The molecule has 322 valence electrons. The van der Waals surface area contributed by atoms with E-state index >= 15 is 0 Å². The van der Waals surface area contributed by atoms with Crippen LogP contribution in [-0.2, 0) is 30.4 Å². The molecule has 3 aliphatic heterocycles. The van der Waals surface area contributed by atoms with Crippen molar-refractivity contribution in [1.29, 1.82) is 0 Å². The molecule has 2 saturated heterocycles. The van der Waals surface area contributed by atoms with E-state index in [1.165, 1.54) is 14.2 Å². The summed E-state index contributed by atoms with van der Waals surface area (Å²) in [4.78, 5) is 67.9. The highest BCUT2D eigenvalue weighted by atomic mass is 16.5. The lowest BCUT2D eigenvalue weighted by atomic mass is 9.97. The van der Waals surface area contributed by atoms with E-state index in [4.69, 9.17) is 23.9 Å². The first-order valence-corrected chi connectivity index (χ1v) is 21.1. The minimum absolute atomic E-state index is 0.124. The fourth-order valence-corrected chi connectivity index (χ4v) is 9.29. The highest BCUT2D eigenvalue weighted by molar-refractivity contribution is 6.07. The number of hydrogen-bond donors (Lipinski definition) is 4. The van der Waals surface area contributed by atoms with Gasteiger partial charge in [0.25, 0.3) is 0 Å². The Morgan fingerprint density at radius 1 is 0.820 bits per heavy atom. The number of aromatic nitrogens is 3. The van der Waals surface area contributed by atoms with E-state index in [0.717, 1.165) is 80.5 Å². The summed E-state index contributed by atoms with van der Waals surface area (Å²) in [7, 11) is 4.26. The summed E-state index contributed by atoms with van der Waals surface area (Å²) in [6.07, 6.45) is 1.05. The minimum Gasteiger partial charge on any atom is -0.486 e. The summed E-state index contributed by atoms with van der Waals surface area (Å²) in [5, 5.41) is 8.64. The van der Waals surface area contributed by atoms with E-state index in [9.17, 15) is 19.2 Å². The maximum Gasteiger partial charge on any atom is 0.407 e. The Balaban J connectivity index is 1.04. The number of carbonyl (C=O) groups excluding carboxylic acids is 4. The Morgan fingerprint density at radius 2 is 1.49 bits per heavy atom. The van der Waals surface area contributed by atoms with Crippen LogP contribution in [-0.4, -0.2) is 102 Å². The van der Waals surface area contributed by atoms with Crippen LogP contribution in [0.3, 0.4) is 0 Å². The second-order valence-corrected chi connectivity index (χ2v) is 17.1. The molecule has 15 nitrogen and oxygen atoms in total. The SMILES string of the molecule is COC[C@H]1C[C@@H](c2cc3ccc4cc(-c5ccc6c(c5)OCc5nc([C@@H]7CCCN7C(=O)[C@@H](NC(=O)OC)C(C)C)[nH]c5-6)ccc4c3[nH]2)N(C(=O)[C@@H](NC(=O)OC)C(C)C)C1. The van der Waals surface area contributed by atoms with Gasteiger partial charge in [0.15, 0.2) is 0 Å². The van der Waals surface area contributed by atoms with Crippen molar-refractivity contribution in [2.24, 2.45) is 17.8 Å². The average Bonchev–Trinajstić information content (AvgIpc) is 4.09. The first-order chi connectivity index (χ1) is 29.4. The highest BCUT2D eigenvalue weighted by Crippen LogP contribution is 2.43. The third-order valence-corrected chi connectivity index (χ3v) is 12.4. The van der Waals surface area contributed by atoms with Crippen molar-refractivity contribution in [2.45, 2.75) is 77.7 Å². The van der Waals surface area contributed by atoms with E-state index in [1.807, 2.05) is 37.5 Å². The fourth-order valence-electron chi connectivity index (χ4n) is 9.29. The van der Waals surface area contributed by atoms with Crippen LogP contribution in [0.5, 0.6) is 5.75 Å². The predicted octanol–water partition coefficient (Wildman–Crippen LogP) is 7.23. The van der Waals surface area contributed by atoms with Crippen LogP contribution in [0.25, 0.3) is 44.1 Å². The molecule has 4 N–H and O–H groups in total. The molecule has 0 spiro atoms. The number of ether oxygens (including phenoxy) is 4. The number of hydrogen-bond acceptors (Lipinski definition) is 9. The van der Waals surface area contributed by atoms with E-state index in [1.54, 1.807) is 7.11 Å². The maximum absolute atomic E-state index is 14.0. The van der Waals surface area contributed by atoms with Crippen LogP contribution in [0.2, 0.25) is 0 Å². The molecule has 4 amide bonds. The molecule has 2 fully saturated rings. The molecule has 0 saturated carbocycles. The number of H-pyrrole nitrogens is 2. The molecule has 0 bridgehead atoms. The third-order valence-electron chi connectivity index (χ3n) is 12.4. The van der Waals surface area contributed by atoms with Crippen molar-refractivity contribution in [1.82, 2.24) is 35.4 Å². The van der Waals surface area contributed by atoms with Gasteiger partial charge in [-0.25, -0.2) is 14.6 Å². The van der Waals surface area contributed by atoms with Gasteiger partial charge in [-0.15, -0.1) is 0 Å². The lowest BCUT2D eigenvalue weighted by molar-refractivity contribution is -0.136. The molecule has 5 aromatic rings. The van der Waals surface area contributed by atoms with Gasteiger partial charge in [-0.1, -0.05) is 58.0 Å². The van der Waals surface area contributed by atoms with Crippen LogP contribution < -0.4 is 15.4 Å². The number of imidazole rings is 1. The molecule has 5 atom stereocenters. The molecular formula is C46H55N7O8. The van der Waals surface area contributed by atoms with Gasteiger partial charge in [0.05, 0.1) is 44.1 Å². The predicted molar refractivity (Wildman–Crippen MR) is 230 cm³/mol. The monoisotopic (exact) mass is 833 g/mol. The van der Waals surface area contributed by atoms with Crippen LogP contribution in [0.4, 0.5) is 9.59 Å². The third kappa shape index (κ3) is 7.98. The van der Waals surface area contributed by atoms with Crippen LogP contribution in [0.15, 0.2) is 54.6 Å². The summed E-state index contributed by atoms with van der Waals surface area (Å²) >= 11 is 0. The molecule has 5 heterocycles. The standard InChI is InChI=1S/C46H55N7O8/c1-24(2)38(50-45(56)59-6)43(54)52-16-8-9-35(52)42-48-34-23-61-37-20-28(13-15-32(37)41(34)49-42)27-12-14-31-29(18-27)10-11-30-19-33(47-40(30)31)36-17-26(22-58-5)21-53(36)44(55)39(25(3)4)51-46(57)60-7/h10-15,18-20,24-26,35-36,38-39,47H,8-9,16-17,21-23H2,1-7H3,(H,48,49)(H,50,56)(H,51,57)/t26-,35-,36-,38-,39-/m0/s1. The topological polar surface area (TPSA) is 180 Å². The minimum atomic E-state index is -0.727. The molecule has 2 aromatic heterocycles. The van der Waals surface area contributed by atoms with Gasteiger partial charge < -0.3 is 49.3 Å². The van der Waals surface area contributed by atoms with Gasteiger partial charge in [-0.2, -0.15) is 0 Å². The number of aromatic amines is 2. The summed E-state index contributed by atoms with van der Waals surface area (Å²) in [6, 6.07) is 17.1. The van der Waals surface area contributed by atoms with Gasteiger partial charge in [0.2, 0.25) is 11.8 Å². The van der Waals surface area contributed by atoms with E-state index in [-0.39, 0.29) is 41.7 Å². The fraction of sp³-hybridized carbons (Fsp3) is 0.457. The summed E-state index contributed by atoms with van der Waals surface area (Å²) < 4.78 is 21.4. The second-order valence-electron chi connectivity index (χ2n) is 17.1. The van der Waals surface area contributed by atoms with E-state index in [0.29, 0.717) is 32.1 Å². The van der Waals surface area contributed by atoms with Crippen LogP contribution in [0, 0.1) is 17.8 Å². The average molecular weight is 834 g/mol. The van der Waals surface area contributed by atoms with Crippen molar-refractivity contribution in [3.8, 4) is 28.1 Å². The van der Waals surface area contributed by atoms with E-state index < -0.39 is 24.3 Å². The Hall–Kier alpha value is -6.09. The molecule has 8 rings (SSSR count). The number of alkyl carbamates (subject to hydrolysis) is 2. The Labute approximate surface area is 354 Å². The number of rotatable bonds is 11. The first kappa shape index (κ1) is 41.6. The molecule has 0 aliphatic carbocycles.